The minimum atomic E-state index is 0.147. The van der Waals surface area contributed by atoms with Crippen LogP contribution in [0, 0.1) is 6.92 Å². The molecule has 17 heavy (non-hydrogen) atoms. The van der Waals surface area contributed by atoms with Crippen molar-refractivity contribution >= 4 is 0 Å². The summed E-state index contributed by atoms with van der Waals surface area (Å²) < 4.78 is 11.1. The molecule has 0 amide bonds. The summed E-state index contributed by atoms with van der Waals surface area (Å²) in [7, 11) is 0. The van der Waals surface area contributed by atoms with Gasteiger partial charge in [0.2, 0.25) is 0 Å². The van der Waals surface area contributed by atoms with E-state index in [4.69, 9.17) is 14.9 Å². The van der Waals surface area contributed by atoms with Crippen molar-refractivity contribution in [3.05, 3.63) is 23.7 Å². The first-order valence-corrected chi connectivity index (χ1v) is 6.31. The van der Waals surface area contributed by atoms with Crippen LogP contribution < -0.4 is 5.73 Å². The van der Waals surface area contributed by atoms with Gasteiger partial charge in [-0.3, -0.25) is 4.90 Å². The van der Waals surface area contributed by atoms with Crippen LogP contribution in [0.2, 0.25) is 0 Å². The quantitative estimate of drug-likeness (QED) is 0.706. The SMILES string of the molecule is CCOCCN(CC)C(CN)c1ccc(C)o1. The lowest BCUT2D eigenvalue weighted by atomic mass is 10.2. The third-order valence-corrected chi connectivity index (χ3v) is 2.89. The zero-order valence-electron chi connectivity index (χ0n) is 11.1. The molecule has 1 atom stereocenters. The molecule has 0 radical (unpaired) electrons. The Morgan fingerprint density at radius 1 is 1.41 bits per heavy atom. The fraction of sp³-hybridized carbons (Fsp3) is 0.692. The average Bonchev–Trinajstić information content (AvgIpc) is 2.75. The Kier molecular flexibility index (Phi) is 6.26. The molecular formula is C13H24N2O2. The lowest BCUT2D eigenvalue weighted by Crippen LogP contribution is -2.35. The van der Waals surface area contributed by atoms with Crippen LogP contribution in [-0.4, -0.2) is 37.7 Å². The molecule has 1 aromatic heterocycles. The fourth-order valence-corrected chi connectivity index (χ4v) is 1.94. The molecule has 2 N–H and O–H groups in total. The second kappa shape index (κ2) is 7.48. The van der Waals surface area contributed by atoms with E-state index in [1.165, 1.54) is 0 Å². The van der Waals surface area contributed by atoms with Crippen molar-refractivity contribution in [2.75, 3.05) is 32.8 Å². The minimum absolute atomic E-state index is 0.147. The number of furan rings is 1. The summed E-state index contributed by atoms with van der Waals surface area (Å²) in [6.45, 7) is 9.96. The van der Waals surface area contributed by atoms with Gasteiger partial charge >= 0.3 is 0 Å². The molecule has 0 aromatic carbocycles. The highest BCUT2D eigenvalue weighted by atomic mass is 16.5. The molecule has 0 aliphatic carbocycles. The van der Waals surface area contributed by atoms with Gasteiger partial charge in [-0.2, -0.15) is 0 Å². The summed E-state index contributed by atoms with van der Waals surface area (Å²) in [6, 6.07) is 4.14. The van der Waals surface area contributed by atoms with Crippen molar-refractivity contribution in [3.8, 4) is 0 Å². The number of hydrogen-bond acceptors (Lipinski definition) is 4. The summed E-state index contributed by atoms with van der Waals surface area (Å²) in [4.78, 5) is 2.29. The molecule has 0 saturated carbocycles. The van der Waals surface area contributed by atoms with Crippen molar-refractivity contribution in [2.45, 2.75) is 26.8 Å². The number of rotatable bonds is 8. The van der Waals surface area contributed by atoms with E-state index < -0.39 is 0 Å². The van der Waals surface area contributed by atoms with E-state index in [0.717, 1.165) is 37.8 Å². The lowest BCUT2D eigenvalue weighted by molar-refractivity contribution is 0.0924. The maximum Gasteiger partial charge on any atom is 0.122 e. The van der Waals surface area contributed by atoms with E-state index in [-0.39, 0.29) is 6.04 Å². The van der Waals surface area contributed by atoms with Gasteiger partial charge in [-0.05, 0) is 32.5 Å². The van der Waals surface area contributed by atoms with Crippen molar-refractivity contribution in [1.82, 2.24) is 4.90 Å². The van der Waals surface area contributed by atoms with Gasteiger partial charge in [-0.15, -0.1) is 0 Å². The van der Waals surface area contributed by atoms with Crippen LogP contribution in [0.25, 0.3) is 0 Å². The summed E-state index contributed by atoms with van der Waals surface area (Å²) >= 11 is 0. The number of nitrogens with two attached hydrogens (primary N) is 1. The molecule has 4 heteroatoms. The Hall–Kier alpha value is -0.840. The van der Waals surface area contributed by atoms with E-state index in [9.17, 15) is 0 Å². The van der Waals surface area contributed by atoms with Gasteiger partial charge in [0.1, 0.15) is 11.5 Å². The number of ether oxygens (including phenoxy) is 1. The molecule has 98 valence electrons. The molecule has 0 aliphatic rings. The smallest absolute Gasteiger partial charge is 0.122 e. The summed E-state index contributed by atoms with van der Waals surface area (Å²) in [5, 5.41) is 0. The lowest BCUT2D eigenvalue weighted by Gasteiger charge is -2.28. The Bertz CT molecular complexity index is 312. The maximum atomic E-state index is 5.85. The molecule has 1 rings (SSSR count). The van der Waals surface area contributed by atoms with Crippen LogP contribution in [-0.2, 0) is 4.74 Å². The largest absolute Gasteiger partial charge is 0.465 e. The zero-order chi connectivity index (χ0) is 12.7. The van der Waals surface area contributed by atoms with Gasteiger partial charge in [-0.25, -0.2) is 0 Å². The van der Waals surface area contributed by atoms with Crippen molar-refractivity contribution in [3.63, 3.8) is 0 Å². The summed E-state index contributed by atoms with van der Waals surface area (Å²) in [5.74, 6) is 1.88. The average molecular weight is 240 g/mol. The third-order valence-electron chi connectivity index (χ3n) is 2.89. The molecule has 1 aromatic rings. The van der Waals surface area contributed by atoms with Crippen LogP contribution in [0.3, 0.4) is 0 Å². The highest BCUT2D eigenvalue weighted by Crippen LogP contribution is 2.21. The Morgan fingerprint density at radius 2 is 2.18 bits per heavy atom. The third kappa shape index (κ3) is 4.15. The predicted molar refractivity (Wildman–Crippen MR) is 69.0 cm³/mol. The normalized spacial score (nSPS) is 13.2. The predicted octanol–water partition coefficient (Wildman–Crippen LogP) is 1.95. The molecule has 4 nitrogen and oxygen atoms in total. The van der Waals surface area contributed by atoms with E-state index in [2.05, 4.69) is 11.8 Å². The number of hydrogen-bond donors (Lipinski definition) is 1. The molecular weight excluding hydrogens is 216 g/mol. The zero-order valence-corrected chi connectivity index (χ0v) is 11.1. The number of nitrogens with zero attached hydrogens (tertiary/aromatic N) is 1. The molecule has 0 aliphatic heterocycles. The second-order valence-corrected chi connectivity index (χ2v) is 4.03. The molecule has 0 spiro atoms. The highest BCUT2D eigenvalue weighted by Gasteiger charge is 2.20. The van der Waals surface area contributed by atoms with Gasteiger partial charge in [-0.1, -0.05) is 6.92 Å². The van der Waals surface area contributed by atoms with Gasteiger partial charge in [0.25, 0.3) is 0 Å². The Balaban J connectivity index is 2.62. The van der Waals surface area contributed by atoms with E-state index in [0.29, 0.717) is 6.54 Å². The van der Waals surface area contributed by atoms with Crippen LogP contribution in [0.5, 0.6) is 0 Å². The monoisotopic (exact) mass is 240 g/mol. The van der Waals surface area contributed by atoms with Crippen LogP contribution in [0.15, 0.2) is 16.5 Å². The van der Waals surface area contributed by atoms with Gasteiger partial charge in [0.15, 0.2) is 0 Å². The highest BCUT2D eigenvalue weighted by molar-refractivity contribution is 5.10. The first-order valence-electron chi connectivity index (χ1n) is 6.31. The molecule has 1 unspecified atom stereocenters. The van der Waals surface area contributed by atoms with Crippen molar-refractivity contribution in [2.24, 2.45) is 5.73 Å². The molecule has 1 heterocycles. The first kappa shape index (κ1) is 14.2. The van der Waals surface area contributed by atoms with Crippen molar-refractivity contribution < 1.29 is 9.15 Å². The van der Waals surface area contributed by atoms with E-state index in [1.54, 1.807) is 0 Å². The van der Waals surface area contributed by atoms with Crippen LogP contribution in [0.1, 0.15) is 31.4 Å². The molecule has 0 bridgehead atoms. The van der Waals surface area contributed by atoms with Crippen molar-refractivity contribution in [1.29, 1.82) is 0 Å². The van der Waals surface area contributed by atoms with Gasteiger partial charge in [0.05, 0.1) is 12.6 Å². The second-order valence-electron chi connectivity index (χ2n) is 4.03. The standard InChI is InChI=1S/C13H24N2O2/c1-4-15(8-9-16-5-2)12(10-14)13-7-6-11(3)17-13/h6-7,12H,4-5,8-10,14H2,1-3H3. The van der Waals surface area contributed by atoms with E-state index in [1.807, 2.05) is 26.0 Å². The first-order chi connectivity index (χ1) is 8.22. The Morgan fingerprint density at radius 3 is 2.65 bits per heavy atom. The maximum absolute atomic E-state index is 5.85. The summed E-state index contributed by atoms with van der Waals surface area (Å²) in [6.07, 6.45) is 0. The molecule has 0 saturated heterocycles. The number of likely N-dealkylation sites (N-methyl/N-ethyl adjacent to an activating group) is 1. The van der Waals surface area contributed by atoms with Crippen LogP contribution >= 0.6 is 0 Å². The van der Waals surface area contributed by atoms with Gasteiger partial charge < -0.3 is 14.9 Å². The number of aryl methyl sites for hydroxylation is 1. The topological polar surface area (TPSA) is 51.6 Å². The van der Waals surface area contributed by atoms with Gasteiger partial charge in [0, 0.05) is 19.7 Å². The van der Waals surface area contributed by atoms with Crippen LogP contribution in [0.4, 0.5) is 0 Å². The molecule has 0 fully saturated rings. The Labute approximate surface area is 104 Å². The minimum Gasteiger partial charge on any atom is -0.465 e. The summed E-state index contributed by atoms with van der Waals surface area (Å²) in [5.41, 5.74) is 5.85. The van der Waals surface area contributed by atoms with E-state index >= 15 is 0 Å². The fourth-order valence-electron chi connectivity index (χ4n) is 1.94.